The third-order valence-corrected chi connectivity index (χ3v) is 2.89. The predicted octanol–water partition coefficient (Wildman–Crippen LogP) is 3.34. The number of hydrogen-bond acceptors (Lipinski definition) is 2. The zero-order chi connectivity index (χ0) is 13.4. The van der Waals surface area contributed by atoms with Gasteiger partial charge in [-0.15, -0.1) is 0 Å². The van der Waals surface area contributed by atoms with Crippen LogP contribution in [-0.4, -0.2) is 24.0 Å². The first kappa shape index (κ1) is 13.0. The van der Waals surface area contributed by atoms with Crippen LogP contribution in [0.2, 0.25) is 0 Å². The maximum atomic E-state index is 13.0. The Bertz CT molecular complexity index is 420. The number of hydrogen-bond donors (Lipinski definition) is 0. The van der Waals surface area contributed by atoms with Gasteiger partial charge >= 0.3 is 6.18 Å². The Morgan fingerprint density at radius 2 is 1.78 bits per heavy atom. The van der Waals surface area contributed by atoms with Gasteiger partial charge in [-0.1, -0.05) is 0 Å². The van der Waals surface area contributed by atoms with Gasteiger partial charge in [0.1, 0.15) is 5.82 Å². The van der Waals surface area contributed by atoms with E-state index in [9.17, 15) is 22.0 Å². The van der Waals surface area contributed by atoms with Crippen LogP contribution in [0.15, 0.2) is 18.3 Å². The lowest BCUT2D eigenvalue weighted by molar-refractivity contribution is -0.137. The van der Waals surface area contributed by atoms with Crippen LogP contribution in [0.3, 0.4) is 0 Å². The number of anilines is 1. The molecule has 18 heavy (non-hydrogen) atoms. The van der Waals surface area contributed by atoms with Gasteiger partial charge in [0.15, 0.2) is 0 Å². The van der Waals surface area contributed by atoms with Gasteiger partial charge in [0.2, 0.25) is 0 Å². The number of rotatable bonds is 1. The van der Waals surface area contributed by atoms with Gasteiger partial charge in [-0.05, 0) is 12.1 Å². The molecule has 2 rings (SSSR count). The highest BCUT2D eigenvalue weighted by atomic mass is 19.4. The van der Waals surface area contributed by atoms with E-state index in [1.54, 1.807) is 0 Å². The molecule has 0 N–H and O–H groups in total. The van der Waals surface area contributed by atoms with Crippen molar-refractivity contribution in [3.63, 3.8) is 0 Å². The molecule has 0 aliphatic carbocycles. The lowest BCUT2D eigenvalue weighted by Gasteiger charge is -2.33. The molecule has 2 nitrogen and oxygen atoms in total. The van der Waals surface area contributed by atoms with Crippen LogP contribution in [0.4, 0.5) is 27.8 Å². The number of pyridine rings is 1. The quantitative estimate of drug-likeness (QED) is 0.725. The molecule has 1 aromatic rings. The molecule has 1 fully saturated rings. The molecule has 0 saturated carbocycles. The number of halogens is 5. The van der Waals surface area contributed by atoms with Gasteiger partial charge < -0.3 is 4.90 Å². The van der Waals surface area contributed by atoms with E-state index in [0.717, 1.165) is 6.07 Å². The second-order valence-electron chi connectivity index (χ2n) is 4.22. The SMILES string of the molecule is FC1(F)CCN(c2ncccc2C(F)(F)F)CC1. The molecule has 7 heteroatoms. The first-order valence-electron chi connectivity index (χ1n) is 5.45. The van der Waals surface area contributed by atoms with Crippen molar-refractivity contribution in [3.05, 3.63) is 23.9 Å². The molecule has 0 unspecified atom stereocenters. The largest absolute Gasteiger partial charge is 0.419 e. The first-order valence-corrected chi connectivity index (χ1v) is 5.45. The van der Waals surface area contributed by atoms with Gasteiger partial charge in [-0.25, -0.2) is 13.8 Å². The zero-order valence-corrected chi connectivity index (χ0v) is 9.34. The Morgan fingerprint density at radius 3 is 2.33 bits per heavy atom. The Balaban J connectivity index is 2.25. The molecule has 0 radical (unpaired) electrons. The Kier molecular flexibility index (Phi) is 3.16. The molecule has 0 aromatic carbocycles. The third-order valence-electron chi connectivity index (χ3n) is 2.89. The topological polar surface area (TPSA) is 16.1 Å². The average Bonchev–Trinajstić information content (AvgIpc) is 2.28. The molecule has 1 aliphatic heterocycles. The fourth-order valence-corrected chi connectivity index (χ4v) is 1.92. The van der Waals surface area contributed by atoms with Crippen molar-refractivity contribution in [1.82, 2.24) is 4.98 Å². The van der Waals surface area contributed by atoms with Crippen molar-refractivity contribution in [3.8, 4) is 0 Å². The second kappa shape index (κ2) is 4.37. The summed E-state index contributed by atoms with van der Waals surface area (Å²) in [6.45, 7) is -0.236. The van der Waals surface area contributed by atoms with Gasteiger partial charge in [0.25, 0.3) is 5.92 Å². The molecule has 2 heterocycles. The van der Waals surface area contributed by atoms with Crippen LogP contribution in [0.1, 0.15) is 18.4 Å². The Morgan fingerprint density at radius 1 is 1.17 bits per heavy atom. The predicted molar refractivity (Wildman–Crippen MR) is 55.6 cm³/mol. The summed E-state index contributed by atoms with van der Waals surface area (Å²) < 4.78 is 64.1. The maximum absolute atomic E-state index is 13.0. The normalized spacial score (nSPS) is 19.9. The lowest BCUT2D eigenvalue weighted by Crippen LogP contribution is -2.40. The van der Waals surface area contributed by atoms with Crippen molar-refractivity contribution >= 4 is 5.82 Å². The van der Waals surface area contributed by atoms with Crippen molar-refractivity contribution in [1.29, 1.82) is 0 Å². The highest BCUT2D eigenvalue weighted by Crippen LogP contribution is 2.37. The highest BCUT2D eigenvalue weighted by Gasteiger charge is 2.39. The summed E-state index contributed by atoms with van der Waals surface area (Å²) in [5.74, 6) is -3.05. The van der Waals surface area contributed by atoms with E-state index in [2.05, 4.69) is 4.98 Å². The average molecular weight is 266 g/mol. The summed E-state index contributed by atoms with van der Waals surface area (Å²) in [6.07, 6.45) is -4.18. The second-order valence-corrected chi connectivity index (χ2v) is 4.22. The van der Waals surface area contributed by atoms with E-state index >= 15 is 0 Å². The van der Waals surface area contributed by atoms with Crippen LogP contribution >= 0.6 is 0 Å². The van der Waals surface area contributed by atoms with E-state index in [1.165, 1.54) is 17.2 Å². The summed E-state index contributed by atoms with van der Waals surface area (Å²) in [7, 11) is 0. The summed E-state index contributed by atoms with van der Waals surface area (Å²) >= 11 is 0. The summed E-state index contributed by atoms with van der Waals surface area (Å²) in [5, 5.41) is 0. The maximum Gasteiger partial charge on any atom is 0.419 e. The summed E-state index contributed by atoms with van der Waals surface area (Å²) in [6, 6.07) is 2.10. The van der Waals surface area contributed by atoms with Gasteiger partial charge in [-0.3, -0.25) is 0 Å². The number of aromatic nitrogens is 1. The van der Waals surface area contributed by atoms with Crippen molar-refractivity contribution in [2.45, 2.75) is 24.9 Å². The Hall–Kier alpha value is -1.40. The smallest absolute Gasteiger partial charge is 0.356 e. The van der Waals surface area contributed by atoms with Crippen LogP contribution in [0, 0.1) is 0 Å². The number of alkyl halides is 5. The molecular weight excluding hydrogens is 255 g/mol. The molecule has 0 spiro atoms. The highest BCUT2D eigenvalue weighted by molar-refractivity contribution is 5.48. The third kappa shape index (κ3) is 2.70. The standard InChI is InChI=1S/C11H11F5N2/c12-10(13)3-6-18(7-4-10)9-8(11(14,15)16)2-1-5-17-9/h1-2,5H,3-4,6-7H2. The summed E-state index contributed by atoms with van der Waals surface area (Å²) in [4.78, 5) is 4.94. The molecule has 100 valence electrons. The summed E-state index contributed by atoms with van der Waals surface area (Å²) in [5.41, 5.74) is -0.879. The van der Waals surface area contributed by atoms with Gasteiger partial charge in [-0.2, -0.15) is 13.2 Å². The minimum atomic E-state index is -4.52. The van der Waals surface area contributed by atoms with E-state index < -0.39 is 30.5 Å². The van der Waals surface area contributed by atoms with Crippen molar-refractivity contribution in [2.75, 3.05) is 18.0 Å². The van der Waals surface area contributed by atoms with E-state index in [-0.39, 0.29) is 18.9 Å². The molecule has 0 bridgehead atoms. The molecule has 0 atom stereocenters. The first-order chi connectivity index (χ1) is 8.30. The minimum absolute atomic E-state index is 0.118. The van der Waals surface area contributed by atoms with Crippen molar-refractivity contribution in [2.24, 2.45) is 0 Å². The molecule has 1 saturated heterocycles. The van der Waals surface area contributed by atoms with Gasteiger partial charge in [0, 0.05) is 32.1 Å². The van der Waals surface area contributed by atoms with Crippen LogP contribution in [-0.2, 0) is 6.18 Å². The van der Waals surface area contributed by atoms with E-state index in [4.69, 9.17) is 0 Å². The van der Waals surface area contributed by atoms with Crippen LogP contribution < -0.4 is 4.90 Å². The molecule has 1 aliphatic rings. The van der Waals surface area contributed by atoms with Crippen molar-refractivity contribution < 1.29 is 22.0 Å². The fourth-order valence-electron chi connectivity index (χ4n) is 1.92. The monoisotopic (exact) mass is 266 g/mol. The number of piperidine rings is 1. The van der Waals surface area contributed by atoms with E-state index in [0.29, 0.717) is 0 Å². The lowest BCUT2D eigenvalue weighted by atomic mass is 10.1. The molecule has 0 amide bonds. The minimum Gasteiger partial charge on any atom is -0.356 e. The van der Waals surface area contributed by atoms with Gasteiger partial charge in [0.05, 0.1) is 5.56 Å². The zero-order valence-electron chi connectivity index (χ0n) is 9.34. The van der Waals surface area contributed by atoms with Crippen LogP contribution in [0.5, 0.6) is 0 Å². The Labute approximate surface area is 100 Å². The number of nitrogens with zero attached hydrogens (tertiary/aromatic N) is 2. The molecule has 1 aromatic heterocycles. The fraction of sp³-hybridized carbons (Fsp3) is 0.545. The molecular formula is C11H11F5N2. The van der Waals surface area contributed by atoms with Crippen LogP contribution in [0.25, 0.3) is 0 Å². The van der Waals surface area contributed by atoms with E-state index in [1.807, 2.05) is 0 Å².